The summed E-state index contributed by atoms with van der Waals surface area (Å²) in [6.45, 7) is 7.35. The second-order valence-corrected chi connectivity index (χ2v) is 8.16. The summed E-state index contributed by atoms with van der Waals surface area (Å²) in [5.74, 6) is 1.09. The van der Waals surface area contributed by atoms with Crippen LogP contribution in [0.3, 0.4) is 0 Å². The van der Waals surface area contributed by atoms with Gasteiger partial charge in [-0.05, 0) is 24.3 Å². The normalized spacial score (nSPS) is 13.9. The highest BCUT2D eigenvalue weighted by Gasteiger charge is 2.23. The third-order valence-corrected chi connectivity index (χ3v) is 6.20. The highest BCUT2D eigenvalue weighted by molar-refractivity contribution is 7.99. The number of aromatic hydroxyl groups is 1. The summed E-state index contributed by atoms with van der Waals surface area (Å²) in [4.78, 5) is 17.0. The van der Waals surface area contributed by atoms with E-state index in [1.807, 2.05) is 33.7 Å². The first kappa shape index (κ1) is 21.0. The zero-order valence-electron chi connectivity index (χ0n) is 17.2. The predicted octanol–water partition coefficient (Wildman–Crippen LogP) is 3.28. The molecule has 1 aliphatic heterocycles. The molecule has 0 saturated carbocycles. The number of para-hydroxylation sites is 2. The Morgan fingerprint density at radius 3 is 2.45 bits per heavy atom. The molecule has 2 aromatic carbocycles. The van der Waals surface area contributed by atoms with Crippen molar-refractivity contribution < 1.29 is 9.90 Å². The Morgan fingerprint density at radius 2 is 1.74 bits per heavy atom. The fourth-order valence-electron chi connectivity index (χ4n) is 3.62. The molecule has 3 aromatic rings. The van der Waals surface area contributed by atoms with Gasteiger partial charge < -0.3 is 14.9 Å². The van der Waals surface area contributed by atoms with Crippen molar-refractivity contribution in [2.75, 3.05) is 36.8 Å². The minimum atomic E-state index is 0.0926. The largest absolute Gasteiger partial charge is 0.507 e. The molecule has 0 bridgehead atoms. The van der Waals surface area contributed by atoms with E-state index in [4.69, 9.17) is 0 Å². The number of amides is 1. The van der Waals surface area contributed by atoms with E-state index in [0.29, 0.717) is 41.9 Å². The minimum absolute atomic E-state index is 0.0926. The van der Waals surface area contributed by atoms with E-state index in [1.54, 1.807) is 24.3 Å². The lowest BCUT2D eigenvalue weighted by Crippen LogP contribution is -2.49. The summed E-state index contributed by atoms with van der Waals surface area (Å²) in [5, 5.41) is 19.3. The Balaban J connectivity index is 1.39. The number of allylic oxidation sites excluding steroid dienone is 1. The van der Waals surface area contributed by atoms with E-state index in [-0.39, 0.29) is 11.7 Å². The summed E-state index contributed by atoms with van der Waals surface area (Å²) in [6, 6.07) is 17.3. The number of rotatable bonds is 7. The summed E-state index contributed by atoms with van der Waals surface area (Å²) < 4.78 is 1.87. The minimum Gasteiger partial charge on any atom is -0.507 e. The first-order valence-corrected chi connectivity index (χ1v) is 11.2. The number of piperazine rings is 1. The highest BCUT2D eigenvalue weighted by Crippen LogP contribution is 2.30. The quantitative estimate of drug-likeness (QED) is 0.454. The maximum Gasteiger partial charge on any atom is 0.233 e. The number of phenols is 1. The van der Waals surface area contributed by atoms with Crippen molar-refractivity contribution in [1.82, 2.24) is 19.7 Å². The Bertz CT molecular complexity index is 1050. The van der Waals surface area contributed by atoms with Crippen LogP contribution >= 0.6 is 11.8 Å². The number of thioether (sulfide) groups is 1. The molecule has 0 spiro atoms. The number of benzene rings is 2. The molecule has 1 saturated heterocycles. The van der Waals surface area contributed by atoms with Gasteiger partial charge in [-0.25, -0.2) is 0 Å². The van der Waals surface area contributed by atoms with Crippen LogP contribution < -0.4 is 4.90 Å². The smallest absolute Gasteiger partial charge is 0.233 e. The van der Waals surface area contributed by atoms with Crippen molar-refractivity contribution in [2.24, 2.45) is 0 Å². The fraction of sp³-hybridized carbons (Fsp3) is 0.261. The maximum atomic E-state index is 12.8. The van der Waals surface area contributed by atoms with Gasteiger partial charge in [0.1, 0.15) is 5.75 Å². The molecule has 1 aromatic heterocycles. The molecule has 0 aliphatic carbocycles. The van der Waals surface area contributed by atoms with Crippen molar-refractivity contribution in [1.29, 1.82) is 0 Å². The average molecular weight is 436 g/mol. The Morgan fingerprint density at radius 1 is 1.03 bits per heavy atom. The molecule has 1 N–H and O–H groups in total. The molecule has 160 valence electrons. The molecule has 2 heterocycles. The van der Waals surface area contributed by atoms with Crippen LogP contribution in [0.2, 0.25) is 0 Å². The number of carbonyl (C=O) groups excluding carboxylic acids is 1. The Labute approximate surface area is 186 Å². The number of carbonyl (C=O) groups is 1. The topological polar surface area (TPSA) is 74.5 Å². The van der Waals surface area contributed by atoms with E-state index < -0.39 is 0 Å². The van der Waals surface area contributed by atoms with Crippen LogP contribution in [0.25, 0.3) is 11.4 Å². The van der Waals surface area contributed by atoms with Gasteiger partial charge in [-0.3, -0.25) is 9.36 Å². The molecular formula is C23H25N5O2S. The van der Waals surface area contributed by atoms with Crippen LogP contribution in [0, 0.1) is 0 Å². The molecule has 1 fully saturated rings. The van der Waals surface area contributed by atoms with E-state index in [9.17, 15) is 9.90 Å². The zero-order valence-corrected chi connectivity index (χ0v) is 18.0. The SMILES string of the molecule is C=CCn1c(SCC(=O)N2CCN(c3ccccc3)CC2)nnc1-c1ccccc1O. The predicted molar refractivity (Wildman–Crippen MR) is 123 cm³/mol. The summed E-state index contributed by atoms with van der Waals surface area (Å²) in [5.41, 5.74) is 1.80. The van der Waals surface area contributed by atoms with Crippen molar-refractivity contribution in [3.8, 4) is 17.1 Å². The van der Waals surface area contributed by atoms with Crippen LogP contribution in [0.1, 0.15) is 0 Å². The lowest BCUT2D eigenvalue weighted by Gasteiger charge is -2.36. The summed E-state index contributed by atoms with van der Waals surface area (Å²) in [7, 11) is 0. The van der Waals surface area contributed by atoms with Gasteiger partial charge in [0.15, 0.2) is 11.0 Å². The Hall–Kier alpha value is -3.26. The standard InChI is InChI=1S/C23H25N5O2S/c1-2-12-28-22(19-10-6-7-11-20(19)29)24-25-23(28)31-17-21(30)27-15-13-26(14-16-27)18-8-4-3-5-9-18/h2-11,29H,1,12-17H2. The highest BCUT2D eigenvalue weighted by atomic mass is 32.2. The molecule has 0 unspecified atom stereocenters. The van der Waals surface area contributed by atoms with Gasteiger partial charge in [0, 0.05) is 38.4 Å². The van der Waals surface area contributed by atoms with Crippen LogP contribution in [0.4, 0.5) is 5.69 Å². The second-order valence-electron chi connectivity index (χ2n) is 7.21. The number of hydrogen-bond donors (Lipinski definition) is 1. The molecule has 0 radical (unpaired) electrons. The van der Waals surface area contributed by atoms with E-state index >= 15 is 0 Å². The maximum absolute atomic E-state index is 12.8. The number of hydrogen-bond acceptors (Lipinski definition) is 6. The first-order valence-electron chi connectivity index (χ1n) is 10.2. The Kier molecular flexibility index (Phi) is 6.57. The lowest BCUT2D eigenvalue weighted by atomic mass is 10.2. The number of aromatic nitrogens is 3. The third-order valence-electron chi connectivity index (χ3n) is 5.25. The van der Waals surface area contributed by atoms with Crippen LogP contribution in [0.15, 0.2) is 72.4 Å². The average Bonchev–Trinajstić information content (AvgIpc) is 3.21. The van der Waals surface area contributed by atoms with Gasteiger partial charge in [-0.1, -0.05) is 48.2 Å². The van der Waals surface area contributed by atoms with E-state index in [2.05, 4.69) is 33.8 Å². The summed E-state index contributed by atoms with van der Waals surface area (Å²) >= 11 is 1.36. The van der Waals surface area contributed by atoms with Gasteiger partial charge in [-0.2, -0.15) is 0 Å². The van der Waals surface area contributed by atoms with Crippen LogP contribution in [-0.4, -0.2) is 62.6 Å². The van der Waals surface area contributed by atoms with Crippen molar-refractivity contribution in [3.63, 3.8) is 0 Å². The second kappa shape index (κ2) is 9.70. The van der Waals surface area contributed by atoms with Crippen LogP contribution in [0.5, 0.6) is 5.75 Å². The van der Waals surface area contributed by atoms with Gasteiger partial charge >= 0.3 is 0 Å². The number of phenolic OH excluding ortho intramolecular Hbond substituents is 1. The van der Waals surface area contributed by atoms with Crippen molar-refractivity contribution in [3.05, 3.63) is 67.3 Å². The molecular weight excluding hydrogens is 410 g/mol. The third kappa shape index (κ3) is 4.74. The van der Waals surface area contributed by atoms with Crippen LogP contribution in [-0.2, 0) is 11.3 Å². The molecule has 8 heteroatoms. The number of nitrogens with zero attached hydrogens (tertiary/aromatic N) is 5. The van der Waals surface area contributed by atoms with Crippen molar-refractivity contribution in [2.45, 2.75) is 11.7 Å². The lowest BCUT2D eigenvalue weighted by molar-refractivity contribution is -0.128. The molecule has 0 atom stereocenters. The summed E-state index contributed by atoms with van der Waals surface area (Å²) in [6.07, 6.45) is 1.75. The van der Waals surface area contributed by atoms with Gasteiger partial charge in [0.05, 0.1) is 11.3 Å². The zero-order chi connectivity index (χ0) is 21.6. The molecule has 31 heavy (non-hydrogen) atoms. The molecule has 7 nitrogen and oxygen atoms in total. The van der Waals surface area contributed by atoms with Gasteiger partial charge in [-0.15, -0.1) is 16.8 Å². The monoisotopic (exact) mass is 435 g/mol. The van der Waals surface area contributed by atoms with E-state index in [0.717, 1.165) is 13.1 Å². The van der Waals surface area contributed by atoms with E-state index in [1.165, 1.54) is 17.4 Å². The number of anilines is 1. The molecule has 1 aliphatic rings. The fourth-order valence-corrected chi connectivity index (χ4v) is 4.47. The molecule has 1 amide bonds. The van der Waals surface area contributed by atoms with Gasteiger partial charge in [0.2, 0.25) is 5.91 Å². The van der Waals surface area contributed by atoms with Crippen molar-refractivity contribution >= 4 is 23.4 Å². The van der Waals surface area contributed by atoms with Gasteiger partial charge in [0.25, 0.3) is 0 Å². The first-order chi connectivity index (χ1) is 15.2. The molecule has 4 rings (SSSR count).